The second-order valence-corrected chi connectivity index (χ2v) is 7.75. The molecule has 1 aromatic rings. The summed E-state index contributed by atoms with van der Waals surface area (Å²) in [6, 6.07) is 5.44. The van der Waals surface area contributed by atoms with Crippen molar-refractivity contribution in [3.05, 3.63) is 28.2 Å². The second kappa shape index (κ2) is 6.54. The largest absolute Gasteiger partial charge is 0.493 e. The third-order valence-corrected chi connectivity index (χ3v) is 5.54. The van der Waals surface area contributed by atoms with E-state index in [1.807, 2.05) is 12.1 Å². The Kier molecular flexibility index (Phi) is 5.62. The highest BCUT2D eigenvalue weighted by Crippen LogP contribution is 2.22. The molecule has 1 aromatic carbocycles. The highest BCUT2D eigenvalue weighted by atomic mass is 79.9. The number of ether oxygens (including phenoxy) is 1. The van der Waals surface area contributed by atoms with Crippen LogP contribution in [-0.4, -0.2) is 26.0 Å². The molecule has 0 aliphatic carbocycles. The van der Waals surface area contributed by atoms with Crippen molar-refractivity contribution in [2.24, 2.45) is 5.73 Å². The molecule has 0 aliphatic rings. The normalized spacial score (nSPS) is 11.8. The van der Waals surface area contributed by atoms with Gasteiger partial charge in [0, 0.05) is 11.0 Å². The van der Waals surface area contributed by atoms with Crippen molar-refractivity contribution >= 4 is 25.8 Å². The SMILES string of the molecule is CC(C)S(=O)(=O)CCOc1ccc(Br)c(CN)c1. The minimum Gasteiger partial charge on any atom is -0.493 e. The van der Waals surface area contributed by atoms with Crippen molar-refractivity contribution in [3.63, 3.8) is 0 Å². The molecule has 6 heteroatoms. The topological polar surface area (TPSA) is 69.4 Å². The Balaban J connectivity index is 2.60. The summed E-state index contributed by atoms with van der Waals surface area (Å²) in [5.74, 6) is 0.663. The van der Waals surface area contributed by atoms with Crippen LogP contribution in [-0.2, 0) is 16.4 Å². The molecule has 18 heavy (non-hydrogen) atoms. The first-order chi connectivity index (χ1) is 8.36. The number of sulfone groups is 1. The van der Waals surface area contributed by atoms with Crippen LogP contribution >= 0.6 is 15.9 Å². The van der Waals surface area contributed by atoms with Gasteiger partial charge in [0.15, 0.2) is 9.84 Å². The molecule has 0 fully saturated rings. The van der Waals surface area contributed by atoms with Crippen LogP contribution in [0.1, 0.15) is 19.4 Å². The van der Waals surface area contributed by atoms with Crippen LogP contribution in [0.25, 0.3) is 0 Å². The van der Waals surface area contributed by atoms with E-state index in [2.05, 4.69) is 15.9 Å². The Hall–Kier alpha value is -0.590. The number of hydrogen-bond donors (Lipinski definition) is 1. The number of halogens is 1. The predicted octanol–water partition coefficient (Wildman–Crippen LogP) is 2.11. The minimum absolute atomic E-state index is 0.0265. The highest BCUT2D eigenvalue weighted by molar-refractivity contribution is 9.10. The van der Waals surface area contributed by atoms with Crippen molar-refractivity contribution < 1.29 is 13.2 Å². The lowest BCUT2D eigenvalue weighted by Crippen LogP contribution is -2.22. The molecule has 0 bridgehead atoms. The first-order valence-electron chi connectivity index (χ1n) is 5.69. The van der Waals surface area contributed by atoms with Gasteiger partial charge in [-0.3, -0.25) is 0 Å². The van der Waals surface area contributed by atoms with Gasteiger partial charge in [-0.2, -0.15) is 0 Å². The third-order valence-electron chi connectivity index (χ3n) is 2.59. The fourth-order valence-corrected chi connectivity index (χ4v) is 2.50. The van der Waals surface area contributed by atoms with E-state index in [9.17, 15) is 8.42 Å². The summed E-state index contributed by atoms with van der Waals surface area (Å²) in [5, 5.41) is -0.370. The minimum atomic E-state index is -3.05. The molecule has 0 spiro atoms. The summed E-state index contributed by atoms with van der Waals surface area (Å²) in [5.41, 5.74) is 6.51. The molecule has 0 heterocycles. The third kappa shape index (κ3) is 4.26. The Labute approximate surface area is 117 Å². The summed E-state index contributed by atoms with van der Waals surface area (Å²) in [7, 11) is -3.05. The van der Waals surface area contributed by atoms with Crippen LogP contribution in [0.4, 0.5) is 0 Å². The van der Waals surface area contributed by atoms with Gasteiger partial charge in [-0.25, -0.2) is 8.42 Å². The van der Waals surface area contributed by atoms with Crippen LogP contribution in [0.5, 0.6) is 5.75 Å². The van der Waals surface area contributed by atoms with Crippen molar-refractivity contribution in [3.8, 4) is 5.75 Å². The summed E-state index contributed by atoms with van der Waals surface area (Å²) in [4.78, 5) is 0. The van der Waals surface area contributed by atoms with Gasteiger partial charge in [-0.1, -0.05) is 15.9 Å². The van der Waals surface area contributed by atoms with Crippen molar-refractivity contribution in [1.29, 1.82) is 0 Å². The molecule has 0 saturated carbocycles. The van der Waals surface area contributed by atoms with E-state index in [1.54, 1.807) is 19.9 Å². The van der Waals surface area contributed by atoms with Crippen LogP contribution in [0.15, 0.2) is 22.7 Å². The second-order valence-electron chi connectivity index (χ2n) is 4.22. The molecule has 0 saturated heterocycles. The van der Waals surface area contributed by atoms with Gasteiger partial charge >= 0.3 is 0 Å². The molecule has 4 nitrogen and oxygen atoms in total. The van der Waals surface area contributed by atoms with Crippen LogP contribution < -0.4 is 10.5 Å². The number of hydrogen-bond acceptors (Lipinski definition) is 4. The Morgan fingerprint density at radius 1 is 1.39 bits per heavy atom. The fourth-order valence-electron chi connectivity index (χ4n) is 1.31. The summed E-state index contributed by atoms with van der Waals surface area (Å²) < 4.78 is 29.5. The zero-order valence-corrected chi connectivity index (χ0v) is 12.9. The zero-order chi connectivity index (χ0) is 13.8. The fraction of sp³-hybridized carbons (Fsp3) is 0.500. The van der Waals surface area contributed by atoms with Crippen LogP contribution in [0.2, 0.25) is 0 Å². The van der Waals surface area contributed by atoms with E-state index in [4.69, 9.17) is 10.5 Å². The maximum Gasteiger partial charge on any atom is 0.155 e. The summed E-state index contributed by atoms with van der Waals surface area (Å²) in [6.45, 7) is 3.90. The van der Waals surface area contributed by atoms with Gasteiger partial charge in [-0.15, -0.1) is 0 Å². The van der Waals surface area contributed by atoms with E-state index in [1.165, 1.54) is 0 Å². The molecular weight excluding hydrogens is 318 g/mol. The van der Waals surface area contributed by atoms with Gasteiger partial charge in [0.05, 0.1) is 11.0 Å². The molecule has 0 amide bonds. The monoisotopic (exact) mass is 335 g/mol. The van der Waals surface area contributed by atoms with Crippen molar-refractivity contribution in [1.82, 2.24) is 0 Å². The first-order valence-corrected chi connectivity index (χ1v) is 8.20. The zero-order valence-electron chi connectivity index (χ0n) is 10.5. The van der Waals surface area contributed by atoms with Crippen molar-refractivity contribution in [2.45, 2.75) is 25.6 Å². The lowest BCUT2D eigenvalue weighted by atomic mass is 10.2. The maximum absolute atomic E-state index is 11.6. The molecule has 2 N–H and O–H groups in total. The smallest absolute Gasteiger partial charge is 0.155 e. The Morgan fingerprint density at radius 2 is 2.06 bits per heavy atom. The van der Waals surface area contributed by atoms with Gasteiger partial charge in [-0.05, 0) is 37.6 Å². The molecule has 1 rings (SSSR count). The van der Waals surface area contributed by atoms with Crippen molar-refractivity contribution in [2.75, 3.05) is 12.4 Å². The van der Waals surface area contributed by atoms with Crippen LogP contribution in [0.3, 0.4) is 0 Å². The molecule has 0 atom stereocenters. The van der Waals surface area contributed by atoms with E-state index < -0.39 is 9.84 Å². The van der Waals surface area contributed by atoms with Gasteiger partial charge in [0.25, 0.3) is 0 Å². The lowest BCUT2D eigenvalue weighted by Gasteiger charge is -2.10. The number of rotatable bonds is 6. The highest BCUT2D eigenvalue weighted by Gasteiger charge is 2.15. The maximum atomic E-state index is 11.6. The molecule has 0 radical (unpaired) electrons. The van der Waals surface area contributed by atoms with E-state index in [0.29, 0.717) is 12.3 Å². The number of nitrogens with two attached hydrogens (primary N) is 1. The molecule has 102 valence electrons. The van der Waals surface area contributed by atoms with E-state index >= 15 is 0 Å². The standard InChI is InChI=1S/C12H18BrNO3S/c1-9(2)18(15,16)6-5-17-11-3-4-12(13)10(7-11)8-14/h3-4,7,9H,5-6,8,14H2,1-2H3. The van der Waals surface area contributed by atoms with Gasteiger partial charge in [0.2, 0.25) is 0 Å². The first kappa shape index (κ1) is 15.5. The van der Waals surface area contributed by atoms with E-state index in [-0.39, 0.29) is 17.6 Å². The lowest BCUT2D eigenvalue weighted by molar-refractivity contribution is 0.340. The summed E-state index contributed by atoms with van der Waals surface area (Å²) >= 11 is 3.38. The summed E-state index contributed by atoms with van der Waals surface area (Å²) in [6.07, 6.45) is 0. The molecule has 0 aliphatic heterocycles. The van der Waals surface area contributed by atoms with Gasteiger partial charge in [0.1, 0.15) is 12.4 Å². The van der Waals surface area contributed by atoms with Gasteiger partial charge < -0.3 is 10.5 Å². The average molecular weight is 336 g/mol. The molecule has 0 aromatic heterocycles. The Bertz CT molecular complexity index is 500. The Morgan fingerprint density at radius 3 is 2.61 bits per heavy atom. The molecular formula is C12H18BrNO3S. The predicted molar refractivity (Wildman–Crippen MR) is 76.5 cm³/mol. The average Bonchev–Trinajstić information content (AvgIpc) is 2.31. The molecule has 0 unspecified atom stereocenters. The number of benzene rings is 1. The van der Waals surface area contributed by atoms with Crippen LogP contribution in [0, 0.1) is 0 Å². The quantitative estimate of drug-likeness (QED) is 0.864. The van der Waals surface area contributed by atoms with E-state index in [0.717, 1.165) is 10.0 Å².